The molecule has 15 heteroatoms. The Bertz CT molecular complexity index is 1780. The fourth-order valence-electron chi connectivity index (χ4n) is 4.72. The summed E-state index contributed by atoms with van der Waals surface area (Å²) in [7, 11) is -4.54. The maximum Gasteiger partial charge on any atom is 0.289 e. The molecule has 0 bridgehead atoms. The molecule has 3 aromatic heterocycles. The number of hydrogen-bond acceptors (Lipinski definition) is 9. The lowest BCUT2D eigenvalue weighted by Gasteiger charge is -2.26. The summed E-state index contributed by atoms with van der Waals surface area (Å²) in [6.45, 7) is 0.137. The largest absolute Gasteiger partial charge is 0.489 e. The van der Waals surface area contributed by atoms with Crippen LogP contribution in [0.1, 0.15) is 45.2 Å². The molecule has 0 fully saturated rings. The van der Waals surface area contributed by atoms with Crippen LogP contribution in [-0.4, -0.2) is 47.9 Å². The number of fused-ring (bicyclic) bond motifs is 3. The van der Waals surface area contributed by atoms with Crippen LogP contribution in [0.2, 0.25) is 0 Å². The number of hydrogen-bond donors (Lipinski definition) is 1. The average Bonchev–Trinajstić information content (AvgIpc) is 3.36. The van der Waals surface area contributed by atoms with E-state index in [9.17, 15) is 30.8 Å². The first kappa shape index (κ1) is 27.3. The number of halogens is 4. The summed E-state index contributed by atoms with van der Waals surface area (Å²) in [5, 5.41) is 3.03. The van der Waals surface area contributed by atoms with Crippen molar-refractivity contribution in [2.45, 2.75) is 42.6 Å². The van der Waals surface area contributed by atoms with E-state index in [0.29, 0.717) is 41.2 Å². The summed E-state index contributed by atoms with van der Waals surface area (Å²) >= 11 is 1.00. The fourth-order valence-corrected chi connectivity index (χ4v) is 7.07. The van der Waals surface area contributed by atoms with Crippen LogP contribution >= 0.6 is 11.3 Å². The van der Waals surface area contributed by atoms with Crippen molar-refractivity contribution in [2.75, 3.05) is 18.1 Å². The summed E-state index contributed by atoms with van der Waals surface area (Å²) in [6, 6.07) is 6.91. The third-order valence-electron chi connectivity index (χ3n) is 6.75. The van der Waals surface area contributed by atoms with Crippen molar-refractivity contribution in [1.82, 2.24) is 20.3 Å². The van der Waals surface area contributed by atoms with Gasteiger partial charge < -0.3 is 15.0 Å². The number of rotatable bonds is 5. The van der Waals surface area contributed by atoms with Crippen molar-refractivity contribution in [2.24, 2.45) is 0 Å². The summed E-state index contributed by atoms with van der Waals surface area (Å²) < 4.78 is 85.4. The van der Waals surface area contributed by atoms with Crippen LogP contribution < -0.4 is 15.0 Å². The van der Waals surface area contributed by atoms with E-state index in [1.54, 1.807) is 29.3 Å². The second-order valence-corrected chi connectivity index (χ2v) is 12.6. The number of amides is 1. The van der Waals surface area contributed by atoms with Crippen LogP contribution in [0.4, 0.5) is 29.2 Å². The lowest BCUT2D eigenvalue weighted by atomic mass is 10.1. The molecular formula is C26H21F4N5O4S2. The van der Waals surface area contributed by atoms with Crippen LogP contribution in [0.15, 0.2) is 41.4 Å². The zero-order valence-electron chi connectivity index (χ0n) is 21.1. The molecule has 1 aromatic carbocycles. The molecule has 0 saturated heterocycles. The fraction of sp³-hybridized carbons (Fsp3) is 0.308. The summed E-state index contributed by atoms with van der Waals surface area (Å²) in [4.78, 5) is 27.8. The second-order valence-electron chi connectivity index (χ2n) is 9.45. The standard InChI is InChI=1S/C26H21F4N5O4S2/c27-16-8-14(9-19-22(16)39-7-5-20(28)41(19,37)38)25(36)32-12-15-10-17-13(11-31-15)3-4-21(33-17)35-6-1-2-18-24(35)34-26(40-18)23(29)30/h3-4,8-11,20,23H,1-2,5-7,12H2,(H,32,36)/t20-/m1/s1. The molecule has 6 rings (SSSR count). The third-order valence-corrected chi connectivity index (χ3v) is 9.69. The maximum atomic E-state index is 14.6. The van der Waals surface area contributed by atoms with E-state index in [1.807, 2.05) is 0 Å². The van der Waals surface area contributed by atoms with Crippen molar-refractivity contribution in [1.29, 1.82) is 0 Å². The van der Waals surface area contributed by atoms with Crippen molar-refractivity contribution >= 4 is 49.6 Å². The quantitative estimate of drug-likeness (QED) is 0.315. The third kappa shape index (κ3) is 5.07. The van der Waals surface area contributed by atoms with Crippen LogP contribution in [-0.2, 0) is 22.8 Å². The topological polar surface area (TPSA) is 114 Å². The molecule has 0 saturated carbocycles. The van der Waals surface area contributed by atoms with Crippen molar-refractivity contribution in [3.63, 3.8) is 0 Å². The molecule has 1 atom stereocenters. The number of alkyl halides is 3. The number of nitrogens with one attached hydrogen (secondary N) is 1. The Morgan fingerprint density at radius 1 is 1.22 bits per heavy atom. The highest BCUT2D eigenvalue weighted by atomic mass is 32.2. The van der Waals surface area contributed by atoms with E-state index < -0.39 is 50.6 Å². The van der Waals surface area contributed by atoms with Gasteiger partial charge in [0.2, 0.25) is 15.3 Å². The number of carbonyl (C=O) groups excluding carboxylic acids is 1. The van der Waals surface area contributed by atoms with Gasteiger partial charge >= 0.3 is 0 Å². The summed E-state index contributed by atoms with van der Waals surface area (Å²) in [5.74, 6) is -1.49. The first-order valence-corrected chi connectivity index (χ1v) is 14.9. The summed E-state index contributed by atoms with van der Waals surface area (Å²) in [6.07, 6.45) is -0.129. The molecule has 9 nitrogen and oxygen atoms in total. The van der Waals surface area contributed by atoms with E-state index >= 15 is 0 Å². The van der Waals surface area contributed by atoms with Crippen molar-refractivity contribution in [3.05, 3.63) is 63.5 Å². The van der Waals surface area contributed by atoms with Gasteiger partial charge in [0.15, 0.2) is 16.6 Å². The smallest absolute Gasteiger partial charge is 0.289 e. The molecule has 0 spiro atoms. The second kappa shape index (κ2) is 10.5. The molecule has 0 unspecified atom stereocenters. The zero-order chi connectivity index (χ0) is 28.9. The molecule has 214 valence electrons. The van der Waals surface area contributed by atoms with Crippen molar-refractivity contribution in [3.8, 4) is 5.75 Å². The highest BCUT2D eigenvalue weighted by Gasteiger charge is 2.35. The maximum absolute atomic E-state index is 14.6. The zero-order valence-corrected chi connectivity index (χ0v) is 22.7. The lowest BCUT2D eigenvalue weighted by Crippen LogP contribution is -2.25. The minimum absolute atomic E-state index is 0.105. The lowest BCUT2D eigenvalue weighted by molar-refractivity contribution is 0.0949. The van der Waals surface area contributed by atoms with E-state index in [-0.39, 0.29) is 23.7 Å². The Kier molecular flexibility index (Phi) is 7.01. The molecule has 2 aliphatic rings. The number of anilines is 2. The first-order chi connectivity index (χ1) is 19.6. The predicted molar refractivity (Wildman–Crippen MR) is 142 cm³/mol. The molecule has 0 radical (unpaired) electrons. The first-order valence-electron chi connectivity index (χ1n) is 12.6. The molecule has 5 heterocycles. The Balaban J connectivity index is 1.23. The minimum atomic E-state index is -4.54. The van der Waals surface area contributed by atoms with Gasteiger partial charge in [-0.2, -0.15) is 0 Å². The highest BCUT2D eigenvalue weighted by molar-refractivity contribution is 7.92. The van der Waals surface area contributed by atoms with Gasteiger partial charge in [-0.1, -0.05) is 0 Å². The van der Waals surface area contributed by atoms with Crippen LogP contribution in [0.25, 0.3) is 10.9 Å². The minimum Gasteiger partial charge on any atom is -0.489 e. The van der Waals surface area contributed by atoms with E-state index in [1.165, 1.54) is 0 Å². The number of ether oxygens (including phenoxy) is 1. The number of nitrogens with zero attached hydrogens (tertiary/aromatic N) is 4. The Labute approximate surface area is 235 Å². The van der Waals surface area contributed by atoms with E-state index in [2.05, 4.69) is 20.3 Å². The highest BCUT2D eigenvalue weighted by Crippen LogP contribution is 2.39. The monoisotopic (exact) mass is 607 g/mol. The number of sulfone groups is 1. The normalized spacial score (nSPS) is 18.0. The van der Waals surface area contributed by atoms with Gasteiger partial charge in [0.05, 0.1) is 24.4 Å². The molecule has 41 heavy (non-hydrogen) atoms. The number of pyridine rings is 2. The van der Waals surface area contributed by atoms with E-state index in [4.69, 9.17) is 4.74 Å². The van der Waals surface area contributed by atoms with Crippen molar-refractivity contribution < 1.29 is 35.5 Å². The van der Waals surface area contributed by atoms with Gasteiger partial charge in [0.1, 0.15) is 16.5 Å². The van der Waals surface area contributed by atoms with Gasteiger partial charge in [0.25, 0.3) is 12.3 Å². The van der Waals surface area contributed by atoms with Gasteiger partial charge in [-0.25, -0.2) is 35.9 Å². The van der Waals surface area contributed by atoms with Gasteiger partial charge in [-0.15, -0.1) is 11.3 Å². The molecule has 0 aliphatic carbocycles. The van der Waals surface area contributed by atoms with Gasteiger partial charge in [-0.3, -0.25) is 9.78 Å². The Morgan fingerprint density at radius 2 is 2.05 bits per heavy atom. The SMILES string of the molecule is O=C(NCc1cc2nc(N3CCCc4sc(C(F)F)nc43)ccc2cn1)c1cc(F)c2c(c1)S(=O)(=O)[C@@H](F)CCO2. The van der Waals surface area contributed by atoms with E-state index in [0.717, 1.165) is 34.8 Å². The number of carbonyl (C=O) groups is 1. The summed E-state index contributed by atoms with van der Waals surface area (Å²) in [5.41, 5.74) is -1.67. The number of aryl methyl sites for hydroxylation is 1. The number of benzene rings is 1. The van der Waals surface area contributed by atoms with Crippen LogP contribution in [0.5, 0.6) is 5.75 Å². The molecule has 1 N–H and O–H groups in total. The average molecular weight is 608 g/mol. The van der Waals surface area contributed by atoms with Gasteiger partial charge in [0, 0.05) is 35.0 Å². The molecular weight excluding hydrogens is 586 g/mol. The molecule has 2 aliphatic heterocycles. The molecule has 1 amide bonds. The van der Waals surface area contributed by atoms with Gasteiger partial charge in [-0.05, 0) is 43.2 Å². The number of thiazole rings is 1. The Hall–Kier alpha value is -3.85. The Morgan fingerprint density at radius 3 is 2.85 bits per heavy atom. The van der Waals surface area contributed by atoms with Crippen LogP contribution in [0, 0.1) is 5.82 Å². The predicted octanol–water partition coefficient (Wildman–Crippen LogP) is 5.03. The molecule has 4 aromatic rings. The van der Waals surface area contributed by atoms with Crippen LogP contribution in [0.3, 0.4) is 0 Å². The number of aromatic nitrogens is 3.